The van der Waals surface area contributed by atoms with E-state index in [0.717, 1.165) is 0 Å². The van der Waals surface area contributed by atoms with E-state index in [1.807, 2.05) is 0 Å². The van der Waals surface area contributed by atoms with Crippen LogP contribution in [0.5, 0.6) is 0 Å². The van der Waals surface area contributed by atoms with Crippen LogP contribution >= 0.6 is 11.6 Å². The SMILES string of the molecule is CC(C)N(C(=O)Cl)C(F)(F)F. The van der Waals surface area contributed by atoms with E-state index in [4.69, 9.17) is 11.6 Å². The summed E-state index contributed by atoms with van der Waals surface area (Å²) in [7, 11) is 0. The van der Waals surface area contributed by atoms with E-state index < -0.39 is 17.7 Å². The molecule has 0 aromatic carbocycles. The van der Waals surface area contributed by atoms with Crippen molar-refractivity contribution < 1.29 is 18.0 Å². The molecule has 0 aliphatic rings. The molecule has 0 bridgehead atoms. The maximum atomic E-state index is 11.8. The second-order valence-electron chi connectivity index (χ2n) is 2.18. The molecule has 0 saturated heterocycles. The highest BCUT2D eigenvalue weighted by Gasteiger charge is 2.41. The van der Waals surface area contributed by atoms with Gasteiger partial charge in [0, 0.05) is 6.04 Å². The molecule has 66 valence electrons. The molecule has 0 fully saturated rings. The first kappa shape index (κ1) is 10.6. The molecule has 1 amide bonds. The Hall–Kier alpha value is -0.450. The van der Waals surface area contributed by atoms with Crippen LogP contribution in [0, 0.1) is 0 Å². The number of hydrogen-bond acceptors (Lipinski definition) is 1. The van der Waals surface area contributed by atoms with E-state index in [-0.39, 0.29) is 4.90 Å². The molecule has 0 saturated carbocycles. The lowest BCUT2D eigenvalue weighted by Crippen LogP contribution is -2.44. The zero-order valence-electron chi connectivity index (χ0n) is 5.94. The van der Waals surface area contributed by atoms with Gasteiger partial charge in [-0.25, -0.2) is 4.90 Å². The second kappa shape index (κ2) is 3.30. The Morgan fingerprint density at radius 1 is 1.45 bits per heavy atom. The maximum absolute atomic E-state index is 11.8. The van der Waals surface area contributed by atoms with Gasteiger partial charge in [0.1, 0.15) is 0 Å². The van der Waals surface area contributed by atoms with E-state index in [9.17, 15) is 18.0 Å². The molecule has 11 heavy (non-hydrogen) atoms. The molecular formula is C5H7ClF3NO. The summed E-state index contributed by atoms with van der Waals surface area (Å²) < 4.78 is 35.5. The van der Waals surface area contributed by atoms with Crippen LogP contribution in [0.3, 0.4) is 0 Å². The van der Waals surface area contributed by atoms with Crippen molar-refractivity contribution in [1.29, 1.82) is 0 Å². The predicted octanol–water partition coefficient (Wildman–Crippen LogP) is 2.58. The normalized spacial score (nSPS) is 11.9. The molecule has 0 N–H and O–H groups in total. The van der Waals surface area contributed by atoms with Crippen molar-refractivity contribution in [3.63, 3.8) is 0 Å². The highest BCUT2D eigenvalue weighted by Crippen LogP contribution is 2.25. The summed E-state index contributed by atoms with van der Waals surface area (Å²) in [5.74, 6) is 0. The Bertz CT molecular complexity index is 156. The third-order valence-electron chi connectivity index (χ3n) is 0.979. The summed E-state index contributed by atoms with van der Waals surface area (Å²) in [5, 5.41) is -1.51. The maximum Gasteiger partial charge on any atom is 0.488 e. The van der Waals surface area contributed by atoms with E-state index in [0.29, 0.717) is 0 Å². The number of rotatable bonds is 1. The van der Waals surface area contributed by atoms with Gasteiger partial charge in [-0.2, -0.15) is 0 Å². The molecule has 2 nitrogen and oxygen atoms in total. The molecule has 0 aliphatic carbocycles. The molecule has 0 spiro atoms. The zero-order valence-corrected chi connectivity index (χ0v) is 6.70. The van der Waals surface area contributed by atoms with Crippen molar-refractivity contribution in [1.82, 2.24) is 4.90 Å². The van der Waals surface area contributed by atoms with Crippen molar-refractivity contribution >= 4 is 17.0 Å². The van der Waals surface area contributed by atoms with Crippen molar-refractivity contribution in [2.45, 2.75) is 26.2 Å². The Kier molecular flexibility index (Phi) is 3.16. The van der Waals surface area contributed by atoms with Gasteiger partial charge in [-0.15, -0.1) is 13.2 Å². The first-order valence-corrected chi connectivity index (χ1v) is 3.20. The van der Waals surface area contributed by atoms with Crippen molar-refractivity contribution in [2.24, 2.45) is 0 Å². The van der Waals surface area contributed by atoms with Gasteiger partial charge in [0.25, 0.3) is 0 Å². The molecule has 0 rings (SSSR count). The van der Waals surface area contributed by atoms with Crippen molar-refractivity contribution in [3.8, 4) is 0 Å². The fourth-order valence-electron chi connectivity index (χ4n) is 0.595. The van der Waals surface area contributed by atoms with Crippen LogP contribution < -0.4 is 0 Å². The fraction of sp³-hybridized carbons (Fsp3) is 0.800. The molecular weight excluding hydrogens is 183 g/mol. The van der Waals surface area contributed by atoms with E-state index in [2.05, 4.69) is 0 Å². The average Bonchev–Trinajstić information content (AvgIpc) is 1.54. The summed E-state index contributed by atoms with van der Waals surface area (Å²) in [5.41, 5.74) is 0. The Morgan fingerprint density at radius 3 is 1.82 bits per heavy atom. The summed E-state index contributed by atoms with van der Waals surface area (Å²) in [6.07, 6.45) is -4.69. The van der Waals surface area contributed by atoms with Crippen molar-refractivity contribution in [3.05, 3.63) is 0 Å². The number of carbonyl (C=O) groups is 1. The molecule has 0 atom stereocenters. The summed E-state index contributed by atoms with van der Waals surface area (Å²) in [6, 6.07) is -0.972. The zero-order chi connectivity index (χ0) is 9.23. The van der Waals surface area contributed by atoms with Gasteiger partial charge in [0.15, 0.2) is 0 Å². The topological polar surface area (TPSA) is 20.3 Å². The average molecular weight is 190 g/mol. The molecule has 0 aromatic rings. The Morgan fingerprint density at radius 2 is 1.82 bits per heavy atom. The summed E-state index contributed by atoms with van der Waals surface area (Å²) >= 11 is 4.69. The highest BCUT2D eigenvalue weighted by molar-refractivity contribution is 6.62. The first-order chi connectivity index (χ1) is 4.76. The first-order valence-electron chi connectivity index (χ1n) is 2.82. The molecule has 0 aliphatic heterocycles. The van der Waals surface area contributed by atoms with Crippen LogP contribution in [0.2, 0.25) is 0 Å². The van der Waals surface area contributed by atoms with Crippen LogP contribution in [0.1, 0.15) is 13.8 Å². The largest absolute Gasteiger partial charge is 0.488 e. The quantitative estimate of drug-likeness (QED) is 0.459. The number of hydrogen-bond donors (Lipinski definition) is 0. The van der Waals surface area contributed by atoms with Gasteiger partial charge in [0.05, 0.1) is 0 Å². The molecule has 0 aromatic heterocycles. The standard InChI is InChI=1S/C5H7ClF3NO/c1-3(2)10(4(6)11)5(7,8)9/h3H,1-2H3. The van der Waals surface area contributed by atoms with Crippen LogP contribution in [0.15, 0.2) is 0 Å². The Labute approximate surface area is 66.9 Å². The molecule has 0 unspecified atom stereocenters. The monoisotopic (exact) mass is 189 g/mol. The predicted molar refractivity (Wildman–Crippen MR) is 34.3 cm³/mol. The number of halogens is 4. The van der Waals surface area contributed by atoms with Gasteiger partial charge in [-0.05, 0) is 25.4 Å². The number of carbonyl (C=O) groups excluding carboxylic acids is 1. The minimum atomic E-state index is -4.69. The van der Waals surface area contributed by atoms with Gasteiger partial charge in [-0.3, -0.25) is 4.79 Å². The van der Waals surface area contributed by atoms with Crippen LogP contribution in [0.25, 0.3) is 0 Å². The van der Waals surface area contributed by atoms with E-state index in [1.54, 1.807) is 0 Å². The lowest BCUT2D eigenvalue weighted by molar-refractivity contribution is -0.229. The molecule has 6 heteroatoms. The molecule has 0 radical (unpaired) electrons. The number of alkyl halides is 3. The van der Waals surface area contributed by atoms with E-state index >= 15 is 0 Å². The van der Waals surface area contributed by atoms with Gasteiger partial charge in [0.2, 0.25) is 0 Å². The van der Waals surface area contributed by atoms with Crippen molar-refractivity contribution in [2.75, 3.05) is 0 Å². The number of amides is 1. The lowest BCUT2D eigenvalue weighted by Gasteiger charge is -2.25. The minimum absolute atomic E-state index is 0.353. The van der Waals surface area contributed by atoms with Gasteiger partial charge >= 0.3 is 11.7 Å². The van der Waals surface area contributed by atoms with Gasteiger partial charge < -0.3 is 0 Å². The molecule has 0 heterocycles. The number of nitrogens with zero attached hydrogens (tertiary/aromatic N) is 1. The fourth-order valence-corrected chi connectivity index (χ4v) is 0.886. The smallest absolute Gasteiger partial charge is 0.255 e. The van der Waals surface area contributed by atoms with Gasteiger partial charge in [-0.1, -0.05) is 0 Å². The minimum Gasteiger partial charge on any atom is -0.255 e. The highest BCUT2D eigenvalue weighted by atomic mass is 35.5. The third kappa shape index (κ3) is 2.96. The lowest BCUT2D eigenvalue weighted by atomic mass is 10.4. The summed E-state index contributed by atoms with van der Waals surface area (Å²) in [6.45, 7) is 2.46. The Balaban J connectivity index is 4.49. The third-order valence-corrected chi connectivity index (χ3v) is 1.16. The van der Waals surface area contributed by atoms with Crippen LogP contribution in [0.4, 0.5) is 18.0 Å². The van der Waals surface area contributed by atoms with Crippen LogP contribution in [-0.4, -0.2) is 22.6 Å². The van der Waals surface area contributed by atoms with Crippen LogP contribution in [-0.2, 0) is 0 Å². The second-order valence-corrected chi connectivity index (χ2v) is 2.51. The summed E-state index contributed by atoms with van der Waals surface area (Å²) in [4.78, 5) is 9.85. The van der Waals surface area contributed by atoms with E-state index in [1.165, 1.54) is 13.8 Å².